The van der Waals surface area contributed by atoms with E-state index >= 15 is 0 Å². The minimum absolute atomic E-state index is 0.0618. The molecule has 1 aliphatic rings. The zero-order valence-corrected chi connectivity index (χ0v) is 10.1. The molecule has 88 valence electrons. The van der Waals surface area contributed by atoms with Crippen LogP contribution < -0.4 is 10.6 Å². The number of nitrogens with one attached hydrogen (secondary N) is 2. The fraction of sp³-hybridized carbons (Fsp3) is 0.909. The largest absolute Gasteiger partial charge is 0.381 e. The van der Waals surface area contributed by atoms with Crippen molar-refractivity contribution >= 4 is 5.91 Å². The van der Waals surface area contributed by atoms with Gasteiger partial charge < -0.3 is 15.4 Å². The van der Waals surface area contributed by atoms with Crippen LogP contribution in [-0.2, 0) is 9.53 Å². The zero-order chi connectivity index (χ0) is 11.5. The summed E-state index contributed by atoms with van der Waals surface area (Å²) in [5, 5.41) is 6.05. The lowest BCUT2D eigenvalue weighted by Gasteiger charge is -2.25. The molecule has 0 bridgehead atoms. The highest BCUT2D eigenvalue weighted by Gasteiger charge is 2.31. The van der Waals surface area contributed by atoms with Crippen LogP contribution in [0.15, 0.2) is 0 Å². The van der Waals surface area contributed by atoms with Gasteiger partial charge in [0.05, 0.1) is 11.6 Å². The van der Waals surface area contributed by atoms with Crippen molar-refractivity contribution in [2.75, 3.05) is 14.2 Å². The molecular weight excluding hydrogens is 192 g/mol. The van der Waals surface area contributed by atoms with E-state index in [2.05, 4.69) is 10.6 Å². The molecular formula is C11H22N2O2. The monoisotopic (exact) mass is 214 g/mol. The second kappa shape index (κ2) is 4.94. The second-order valence-corrected chi connectivity index (χ2v) is 4.72. The Hall–Kier alpha value is -0.610. The van der Waals surface area contributed by atoms with Gasteiger partial charge in [-0.2, -0.15) is 0 Å². The number of carbonyl (C=O) groups excluding carboxylic acids is 1. The van der Waals surface area contributed by atoms with Gasteiger partial charge in [-0.25, -0.2) is 0 Å². The highest BCUT2D eigenvalue weighted by atomic mass is 16.5. The van der Waals surface area contributed by atoms with Crippen LogP contribution in [0.5, 0.6) is 0 Å². The molecule has 1 fully saturated rings. The minimum atomic E-state index is -0.495. The van der Waals surface area contributed by atoms with E-state index in [-0.39, 0.29) is 11.9 Å². The summed E-state index contributed by atoms with van der Waals surface area (Å²) < 4.78 is 5.27. The Morgan fingerprint density at radius 3 is 2.53 bits per heavy atom. The maximum absolute atomic E-state index is 11.8. The van der Waals surface area contributed by atoms with Gasteiger partial charge in [0.1, 0.15) is 0 Å². The summed E-state index contributed by atoms with van der Waals surface area (Å²) >= 11 is 0. The van der Waals surface area contributed by atoms with Gasteiger partial charge in [0.2, 0.25) is 5.91 Å². The quantitative estimate of drug-likeness (QED) is 0.723. The number of amides is 1. The predicted octanol–water partition coefficient (Wildman–Crippen LogP) is 0.668. The summed E-state index contributed by atoms with van der Waals surface area (Å²) in [4.78, 5) is 11.8. The Balaban J connectivity index is 2.40. The van der Waals surface area contributed by atoms with E-state index in [1.165, 1.54) is 0 Å². The molecule has 1 aliphatic carbocycles. The minimum Gasteiger partial charge on any atom is -0.381 e. The Bertz CT molecular complexity index is 229. The van der Waals surface area contributed by atoms with Gasteiger partial charge in [0, 0.05) is 13.2 Å². The van der Waals surface area contributed by atoms with E-state index in [0.717, 1.165) is 19.3 Å². The number of carbonyl (C=O) groups is 1. The SMILES string of the molecule is CNC(C)(C)C(=O)NC1CCC(OC)C1. The lowest BCUT2D eigenvalue weighted by Crippen LogP contribution is -2.53. The van der Waals surface area contributed by atoms with E-state index < -0.39 is 5.54 Å². The normalized spacial score (nSPS) is 26.7. The average molecular weight is 214 g/mol. The molecule has 0 aliphatic heterocycles. The van der Waals surface area contributed by atoms with E-state index in [9.17, 15) is 4.79 Å². The summed E-state index contributed by atoms with van der Waals surface area (Å²) in [6, 6.07) is 0.273. The first kappa shape index (κ1) is 12.5. The smallest absolute Gasteiger partial charge is 0.239 e. The van der Waals surface area contributed by atoms with Crippen molar-refractivity contribution in [3.8, 4) is 0 Å². The number of likely N-dealkylation sites (N-methyl/N-ethyl adjacent to an activating group) is 1. The van der Waals surface area contributed by atoms with Gasteiger partial charge in [-0.1, -0.05) is 0 Å². The van der Waals surface area contributed by atoms with Gasteiger partial charge in [-0.3, -0.25) is 4.79 Å². The Kier molecular flexibility index (Phi) is 4.11. The standard InChI is InChI=1S/C11H22N2O2/c1-11(2,12-3)10(14)13-8-5-6-9(7-8)15-4/h8-9,12H,5-7H2,1-4H3,(H,13,14). The van der Waals surface area contributed by atoms with E-state index in [0.29, 0.717) is 6.10 Å². The Labute approximate surface area is 91.8 Å². The molecule has 2 N–H and O–H groups in total. The van der Waals surface area contributed by atoms with Crippen molar-refractivity contribution < 1.29 is 9.53 Å². The predicted molar refractivity (Wildman–Crippen MR) is 59.7 cm³/mol. The summed E-state index contributed by atoms with van der Waals surface area (Å²) in [7, 11) is 3.53. The number of methoxy groups -OCH3 is 1. The van der Waals surface area contributed by atoms with Crippen LogP contribution in [-0.4, -0.2) is 37.7 Å². The first-order valence-corrected chi connectivity index (χ1v) is 5.52. The molecule has 0 aromatic heterocycles. The molecule has 4 nitrogen and oxygen atoms in total. The summed E-state index contributed by atoms with van der Waals surface area (Å²) in [5.41, 5.74) is -0.495. The highest BCUT2D eigenvalue weighted by molar-refractivity contribution is 5.85. The fourth-order valence-electron chi connectivity index (χ4n) is 1.76. The van der Waals surface area contributed by atoms with E-state index in [4.69, 9.17) is 4.74 Å². The number of hydrogen-bond donors (Lipinski definition) is 2. The fourth-order valence-corrected chi connectivity index (χ4v) is 1.76. The summed E-state index contributed by atoms with van der Waals surface area (Å²) in [6.07, 6.45) is 3.31. The van der Waals surface area contributed by atoms with Gasteiger partial charge in [0.15, 0.2) is 0 Å². The van der Waals surface area contributed by atoms with Crippen molar-refractivity contribution in [2.24, 2.45) is 0 Å². The van der Waals surface area contributed by atoms with Gasteiger partial charge in [-0.05, 0) is 40.2 Å². The molecule has 0 radical (unpaired) electrons. The van der Waals surface area contributed by atoms with Crippen molar-refractivity contribution in [1.29, 1.82) is 0 Å². The Morgan fingerprint density at radius 2 is 2.07 bits per heavy atom. The van der Waals surface area contributed by atoms with E-state index in [1.54, 1.807) is 14.2 Å². The number of ether oxygens (including phenoxy) is 1. The summed E-state index contributed by atoms with van der Waals surface area (Å²) in [5.74, 6) is 0.0618. The molecule has 15 heavy (non-hydrogen) atoms. The number of rotatable bonds is 4. The third-order valence-electron chi connectivity index (χ3n) is 3.25. The molecule has 1 rings (SSSR count). The molecule has 1 saturated carbocycles. The van der Waals surface area contributed by atoms with Gasteiger partial charge >= 0.3 is 0 Å². The lowest BCUT2D eigenvalue weighted by atomic mass is 10.0. The van der Waals surface area contributed by atoms with Crippen molar-refractivity contribution in [2.45, 2.75) is 50.8 Å². The van der Waals surface area contributed by atoms with Crippen LogP contribution in [0.3, 0.4) is 0 Å². The van der Waals surface area contributed by atoms with Crippen molar-refractivity contribution in [3.05, 3.63) is 0 Å². The van der Waals surface area contributed by atoms with E-state index in [1.807, 2.05) is 13.8 Å². The van der Waals surface area contributed by atoms with Gasteiger partial charge in [-0.15, -0.1) is 0 Å². The topological polar surface area (TPSA) is 50.4 Å². The van der Waals surface area contributed by atoms with Crippen LogP contribution in [0.1, 0.15) is 33.1 Å². The van der Waals surface area contributed by atoms with Crippen molar-refractivity contribution in [3.63, 3.8) is 0 Å². The second-order valence-electron chi connectivity index (χ2n) is 4.72. The van der Waals surface area contributed by atoms with Crippen LogP contribution in [0.25, 0.3) is 0 Å². The van der Waals surface area contributed by atoms with Crippen molar-refractivity contribution in [1.82, 2.24) is 10.6 Å². The average Bonchev–Trinajstić information content (AvgIpc) is 2.65. The molecule has 1 amide bonds. The molecule has 4 heteroatoms. The Morgan fingerprint density at radius 1 is 1.40 bits per heavy atom. The third-order valence-corrected chi connectivity index (χ3v) is 3.25. The van der Waals surface area contributed by atoms with Crippen LogP contribution in [0.2, 0.25) is 0 Å². The molecule has 0 aromatic rings. The maximum atomic E-state index is 11.8. The van der Waals surface area contributed by atoms with Crippen LogP contribution in [0.4, 0.5) is 0 Å². The van der Waals surface area contributed by atoms with Crippen LogP contribution >= 0.6 is 0 Å². The van der Waals surface area contributed by atoms with Crippen LogP contribution in [0, 0.1) is 0 Å². The third kappa shape index (κ3) is 3.18. The molecule has 0 spiro atoms. The first-order valence-electron chi connectivity index (χ1n) is 5.52. The first-order chi connectivity index (χ1) is 6.99. The van der Waals surface area contributed by atoms with Gasteiger partial charge in [0.25, 0.3) is 0 Å². The summed E-state index contributed by atoms with van der Waals surface area (Å²) in [6.45, 7) is 3.76. The molecule has 0 saturated heterocycles. The molecule has 2 atom stereocenters. The molecule has 2 unspecified atom stereocenters. The number of hydrogen-bond acceptors (Lipinski definition) is 3. The molecule has 0 heterocycles. The maximum Gasteiger partial charge on any atom is 0.239 e. The molecule has 0 aromatic carbocycles. The lowest BCUT2D eigenvalue weighted by molar-refractivity contribution is -0.127. The highest BCUT2D eigenvalue weighted by Crippen LogP contribution is 2.21. The zero-order valence-electron chi connectivity index (χ0n) is 10.1.